The van der Waals surface area contributed by atoms with E-state index in [0.717, 1.165) is 5.82 Å². The number of nitrogens with zero attached hydrogens (tertiary/aromatic N) is 3. The van der Waals surface area contributed by atoms with Gasteiger partial charge in [0, 0.05) is 0 Å². The van der Waals surface area contributed by atoms with Crippen molar-refractivity contribution in [3.63, 3.8) is 0 Å². The molecule has 0 radical (unpaired) electrons. The van der Waals surface area contributed by atoms with E-state index in [-0.39, 0.29) is 10.3 Å². The van der Waals surface area contributed by atoms with Crippen LogP contribution >= 0.6 is 23.2 Å². The van der Waals surface area contributed by atoms with Gasteiger partial charge in [-0.15, -0.1) is 0 Å². The molecule has 2 aromatic rings. The van der Waals surface area contributed by atoms with Gasteiger partial charge < -0.3 is 4.98 Å². The fourth-order valence-corrected chi connectivity index (χ4v) is 1.16. The number of aromatic nitrogens is 4. The standard InChI is InChI=1S/C6H4Cl2N4/c1-2-9-5-6(10-2)12-4(8)3(7)11-5/h1H3,(H,9,10,11,12). The predicted octanol–water partition coefficient (Wildman–Crippen LogP) is 1.97. The van der Waals surface area contributed by atoms with Crippen LogP contribution in [0.15, 0.2) is 0 Å². The van der Waals surface area contributed by atoms with Crippen molar-refractivity contribution in [2.24, 2.45) is 0 Å². The number of hydrogen-bond acceptors (Lipinski definition) is 3. The van der Waals surface area contributed by atoms with Gasteiger partial charge in [0.05, 0.1) is 0 Å². The number of fused-ring (bicyclic) bond motifs is 1. The average Bonchev–Trinajstić information content (AvgIpc) is 2.30. The summed E-state index contributed by atoms with van der Waals surface area (Å²) < 4.78 is 0. The zero-order valence-electron chi connectivity index (χ0n) is 6.10. The summed E-state index contributed by atoms with van der Waals surface area (Å²) in [6.07, 6.45) is 0. The Morgan fingerprint density at radius 3 is 2.50 bits per heavy atom. The topological polar surface area (TPSA) is 54.5 Å². The molecule has 0 spiro atoms. The second kappa shape index (κ2) is 2.57. The van der Waals surface area contributed by atoms with Crippen LogP contribution in [0.25, 0.3) is 11.3 Å². The Morgan fingerprint density at radius 2 is 1.75 bits per heavy atom. The quantitative estimate of drug-likeness (QED) is 0.711. The van der Waals surface area contributed by atoms with Gasteiger partial charge in [-0.1, -0.05) is 23.2 Å². The van der Waals surface area contributed by atoms with Gasteiger partial charge in [0.2, 0.25) is 0 Å². The van der Waals surface area contributed by atoms with Crippen molar-refractivity contribution in [2.45, 2.75) is 6.92 Å². The van der Waals surface area contributed by atoms with E-state index in [2.05, 4.69) is 19.9 Å². The molecule has 1 N–H and O–H groups in total. The van der Waals surface area contributed by atoms with E-state index >= 15 is 0 Å². The lowest BCUT2D eigenvalue weighted by molar-refractivity contribution is 1.16. The highest BCUT2D eigenvalue weighted by atomic mass is 35.5. The molecule has 0 fully saturated rings. The first-order valence-electron chi connectivity index (χ1n) is 3.22. The van der Waals surface area contributed by atoms with Gasteiger partial charge in [-0.2, -0.15) is 0 Å². The highest BCUT2D eigenvalue weighted by Gasteiger charge is 2.06. The summed E-state index contributed by atoms with van der Waals surface area (Å²) in [6.45, 7) is 1.81. The largest absolute Gasteiger partial charge is 0.325 e. The number of halogens is 2. The number of H-pyrrole nitrogens is 1. The van der Waals surface area contributed by atoms with Gasteiger partial charge in [0.25, 0.3) is 0 Å². The van der Waals surface area contributed by atoms with Crippen LogP contribution < -0.4 is 0 Å². The lowest BCUT2D eigenvalue weighted by Crippen LogP contribution is -1.84. The minimum absolute atomic E-state index is 0.177. The highest BCUT2D eigenvalue weighted by Crippen LogP contribution is 2.19. The molecule has 4 nitrogen and oxygen atoms in total. The van der Waals surface area contributed by atoms with Gasteiger partial charge in [-0.25, -0.2) is 15.0 Å². The second-order valence-corrected chi connectivity index (χ2v) is 3.02. The molecule has 0 aliphatic carbocycles. The van der Waals surface area contributed by atoms with Gasteiger partial charge in [0.15, 0.2) is 21.6 Å². The Labute approximate surface area is 78.0 Å². The smallest absolute Gasteiger partial charge is 0.199 e. The van der Waals surface area contributed by atoms with E-state index in [4.69, 9.17) is 23.2 Å². The normalized spacial score (nSPS) is 10.9. The van der Waals surface area contributed by atoms with E-state index in [1.54, 1.807) is 0 Å². The van der Waals surface area contributed by atoms with Gasteiger partial charge in [0.1, 0.15) is 5.82 Å². The van der Waals surface area contributed by atoms with Crippen LogP contribution in [0.1, 0.15) is 5.82 Å². The highest BCUT2D eigenvalue weighted by molar-refractivity contribution is 6.40. The third-order valence-corrected chi connectivity index (χ3v) is 1.99. The minimum Gasteiger partial charge on any atom is -0.325 e. The van der Waals surface area contributed by atoms with Crippen molar-refractivity contribution >= 4 is 34.5 Å². The molecular formula is C6H4Cl2N4. The number of imidazole rings is 1. The first-order valence-corrected chi connectivity index (χ1v) is 3.98. The maximum atomic E-state index is 5.64. The molecular weight excluding hydrogens is 199 g/mol. The molecule has 0 amide bonds. The second-order valence-electron chi connectivity index (χ2n) is 2.30. The Kier molecular flexibility index (Phi) is 1.66. The summed E-state index contributed by atoms with van der Waals surface area (Å²) in [6, 6.07) is 0. The summed E-state index contributed by atoms with van der Waals surface area (Å²) in [4.78, 5) is 14.8. The molecule has 0 unspecified atom stereocenters. The van der Waals surface area contributed by atoms with Crippen molar-refractivity contribution in [3.8, 4) is 0 Å². The van der Waals surface area contributed by atoms with Crippen LogP contribution in [-0.2, 0) is 0 Å². The number of nitrogens with one attached hydrogen (secondary N) is 1. The monoisotopic (exact) mass is 202 g/mol. The van der Waals surface area contributed by atoms with E-state index < -0.39 is 0 Å². The molecule has 0 aliphatic rings. The molecule has 0 aromatic carbocycles. The van der Waals surface area contributed by atoms with Crippen LogP contribution in [0.5, 0.6) is 0 Å². The van der Waals surface area contributed by atoms with Gasteiger partial charge in [-0.05, 0) is 6.92 Å². The molecule has 0 aliphatic heterocycles. The van der Waals surface area contributed by atoms with Crippen LogP contribution in [0, 0.1) is 6.92 Å². The lowest BCUT2D eigenvalue weighted by atomic mass is 10.7. The maximum Gasteiger partial charge on any atom is 0.199 e. The van der Waals surface area contributed by atoms with Gasteiger partial charge in [-0.3, -0.25) is 0 Å². The van der Waals surface area contributed by atoms with Crippen molar-refractivity contribution in [3.05, 3.63) is 16.1 Å². The molecule has 2 aromatic heterocycles. The summed E-state index contributed by atoms with van der Waals surface area (Å²) in [5.74, 6) is 0.739. The zero-order chi connectivity index (χ0) is 8.72. The molecule has 62 valence electrons. The molecule has 2 rings (SSSR count). The maximum absolute atomic E-state index is 5.64. The van der Waals surface area contributed by atoms with E-state index in [1.807, 2.05) is 6.92 Å². The van der Waals surface area contributed by atoms with Crippen molar-refractivity contribution < 1.29 is 0 Å². The Hall–Kier alpha value is -0.870. The van der Waals surface area contributed by atoms with E-state index in [0.29, 0.717) is 11.3 Å². The van der Waals surface area contributed by atoms with Crippen LogP contribution in [0.4, 0.5) is 0 Å². The molecule has 12 heavy (non-hydrogen) atoms. The van der Waals surface area contributed by atoms with Crippen molar-refractivity contribution in [1.29, 1.82) is 0 Å². The first kappa shape index (κ1) is 7.76. The Bertz CT molecular complexity index is 397. The zero-order valence-corrected chi connectivity index (χ0v) is 7.61. The predicted molar refractivity (Wildman–Crippen MR) is 46.4 cm³/mol. The van der Waals surface area contributed by atoms with Gasteiger partial charge >= 0.3 is 0 Å². The van der Waals surface area contributed by atoms with E-state index in [9.17, 15) is 0 Å². The fourth-order valence-electron chi connectivity index (χ4n) is 0.906. The van der Waals surface area contributed by atoms with Crippen LogP contribution in [0.2, 0.25) is 10.3 Å². The molecule has 0 atom stereocenters. The molecule has 2 heterocycles. The summed E-state index contributed by atoms with van der Waals surface area (Å²) in [5.41, 5.74) is 1.05. The van der Waals surface area contributed by atoms with E-state index in [1.165, 1.54) is 0 Å². The Balaban J connectivity index is 2.83. The van der Waals surface area contributed by atoms with Crippen LogP contribution in [0.3, 0.4) is 0 Å². The fraction of sp³-hybridized carbons (Fsp3) is 0.167. The van der Waals surface area contributed by atoms with Crippen molar-refractivity contribution in [1.82, 2.24) is 19.9 Å². The molecule has 6 heteroatoms. The molecule has 0 saturated carbocycles. The number of aromatic amines is 1. The molecule has 0 bridgehead atoms. The number of hydrogen-bond donors (Lipinski definition) is 1. The number of rotatable bonds is 0. The molecule has 0 saturated heterocycles. The minimum atomic E-state index is 0.177. The van der Waals surface area contributed by atoms with Crippen molar-refractivity contribution in [2.75, 3.05) is 0 Å². The third-order valence-electron chi connectivity index (χ3n) is 1.37. The SMILES string of the molecule is Cc1nc2nc(Cl)c(Cl)nc2[nH]1. The summed E-state index contributed by atoms with van der Waals surface area (Å²) in [5, 5.41) is 0.364. The van der Waals surface area contributed by atoms with Crippen LogP contribution in [-0.4, -0.2) is 19.9 Å². The Morgan fingerprint density at radius 1 is 1.08 bits per heavy atom. The lowest BCUT2D eigenvalue weighted by Gasteiger charge is -1.91. The average molecular weight is 203 g/mol. The number of aryl methyl sites for hydroxylation is 1. The summed E-state index contributed by atoms with van der Waals surface area (Å²) >= 11 is 11.3. The third kappa shape index (κ3) is 1.13. The summed E-state index contributed by atoms with van der Waals surface area (Å²) in [7, 11) is 0. The first-order chi connectivity index (χ1) is 5.66.